The Morgan fingerprint density at radius 1 is 1.29 bits per heavy atom. The molecule has 0 amide bonds. The number of phenolic OH excluding ortho intramolecular Hbond substituents is 1. The molecule has 0 aliphatic heterocycles. The Bertz CT molecular complexity index is 841. The van der Waals surface area contributed by atoms with Gasteiger partial charge in [0.25, 0.3) is 11.7 Å². The number of hydrogen-bond donors (Lipinski definition) is 2. The minimum Gasteiger partial charge on any atom is -0.506 e. The van der Waals surface area contributed by atoms with Crippen molar-refractivity contribution in [3.63, 3.8) is 0 Å². The average molecular weight is 285 g/mol. The first-order valence-electron chi connectivity index (χ1n) is 6.14. The van der Waals surface area contributed by atoms with E-state index < -0.39 is 4.92 Å². The number of aromatic nitrogens is 1. The summed E-state index contributed by atoms with van der Waals surface area (Å²) in [5.41, 5.74) is 2.10. The summed E-state index contributed by atoms with van der Waals surface area (Å²) in [7, 11) is 0. The summed E-state index contributed by atoms with van der Waals surface area (Å²) >= 11 is 0. The summed E-state index contributed by atoms with van der Waals surface area (Å²) in [5, 5.41) is 23.4. The van der Waals surface area contributed by atoms with E-state index in [1.165, 1.54) is 18.2 Å². The molecule has 0 atom stereocenters. The van der Waals surface area contributed by atoms with Crippen LogP contribution in [-0.4, -0.2) is 15.0 Å². The number of nitrogens with zero attached hydrogens (tertiary/aromatic N) is 2. The Balaban J connectivity index is 1.95. The predicted molar refractivity (Wildman–Crippen MR) is 76.8 cm³/mol. The Labute approximate surface area is 119 Å². The molecule has 0 saturated heterocycles. The van der Waals surface area contributed by atoms with Crippen molar-refractivity contribution >= 4 is 28.5 Å². The van der Waals surface area contributed by atoms with E-state index in [1.807, 2.05) is 13.0 Å². The Hall–Kier alpha value is -3.09. The molecule has 0 aliphatic carbocycles. The SMILES string of the molecule is Cc1ccc(Nc2nc3ccc([N+](=O)[O-])cc3o2)c(O)c1. The molecule has 7 heteroatoms. The van der Waals surface area contributed by atoms with Crippen molar-refractivity contribution in [2.24, 2.45) is 0 Å². The van der Waals surface area contributed by atoms with Crippen LogP contribution < -0.4 is 5.32 Å². The zero-order valence-electron chi connectivity index (χ0n) is 11.0. The van der Waals surface area contributed by atoms with Crippen molar-refractivity contribution < 1.29 is 14.4 Å². The van der Waals surface area contributed by atoms with Gasteiger partial charge in [-0.25, -0.2) is 0 Å². The quantitative estimate of drug-likeness (QED) is 0.434. The summed E-state index contributed by atoms with van der Waals surface area (Å²) in [6.45, 7) is 1.86. The van der Waals surface area contributed by atoms with E-state index in [-0.39, 0.29) is 17.5 Å². The van der Waals surface area contributed by atoms with Crippen LogP contribution in [0, 0.1) is 17.0 Å². The number of hydrogen-bond acceptors (Lipinski definition) is 6. The van der Waals surface area contributed by atoms with Crippen LogP contribution in [0.15, 0.2) is 40.8 Å². The van der Waals surface area contributed by atoms with Crippen LogP contribution in [-0.2, 0) is 0 Å². The molecule has 1 heterocycles. The van der Waals surface area contributed by atoms with E-state index in [0.717, 1.165) is 5.56 Å². The van der Waals surface area contributed by atoms with E-state index in [0.29, 0.717) is 16.8 Å². The normalized spacial score (nSPS) is 10.7. The van der Waals surface area contributed by atoms with Crippen molar-refractivity contribution in [1.29, 1.82) is 0 Å². The second kappa shape index (κ2) is 4.78. The molecule has 21 heavy (non-hydrogen) atoms. The molecule has 0 spiro atoms. The fourth-order valence-electron chi connectivity index (χ4n) is 1.94. The van der Waals surface area contributed by atoms with Crippen LogP contribution in [0.2, 0.25) is 0 Å². The van der Waals surface area contributed by atoms with Crippen LogP contribution in [0.3, 0.4) is 0 Å². The molecule has 2 N–H and O–H groups in total. The fourth-order valence-corrected chi connectivity index (χ4v) is 1.94. The van der Waals surface area contributed by atoms with Crippen molar-refractivity contribution in [1.82, 2.24) is 4.98 Å². The van der Waals surface area contributed by atoms with Gasteiger partial charge in [0.15, 0.2) is 5.58 Å². The summed E-state index contributed by atoms with van der Waals surface area (Å²) < 4.78 is 5.41. The molecular formula is C14H11N3O4. The number of rotatable bonds is 3. The highest BCUT2D eigenvalue weighted by atomic mass is 16.6. The molecule has 106 valence electrons. The van der Waals surface area contributed by atoms with Crippen molar-refractivity contribution in [3.8, 4) is 5.75 Å². The van der Waals surface area contributed by atoms with Crippen LogP contribution in [0.4, 0.5) is 17.4 Å². The molecule has 0 aliphatic rings. The number of anilines is 2. The first-order chi connectivity index (χ1) is 10.0. The van der Waals surface area contributed by atoms with Gasteiger partial charge in [0.1, 0.15) is 11.3 Å². The van der Waals surface area contributed by atoms with Gasteiger partial charge in [0.2, 0.25) is 0 Å². The van der Waals surface area contributed by atoms with Crippen LogP contribution in [0.25, 0.3) is 11.1 Å². The minimum atomic E-state index is -0.499. The summed E-state index contributed by atoms with van der Waals surface area (Å²) in [5.74, 6) is 0.0724. The van der Waals surface area contributed by atoms with Gasteiger partial charge in [0.05, 0.1) is 16.7 Å². The van der Waals surface area contributed by atoms with E-state index in [4.69, 9.17) is 4.42 Å². The lowest BCUT2D eigenvalue weighted by atomic mass is 10.2. The lowest BCUT2D eigenvalue weighted by molar-refractivity contribution is -0.384. The van der Waals surface area contributed by atoms with Gasteiger partial charge in [-0.05, 0) is 30.7 Å². The van der Waals surface area contributed by atoms with Crippen molar-refractivity contribution in [2.75, 3.05) is 5.32 Å². The average Bonchev–Trinajstić information content (AvgIpc) is 2.83. The van der Waals surface area contributed by atoms with Gasteiger partial charge >= 0.3 is 0 Å². The number of nitrogens with one attached hydrogen (secondary N) is 1. The summed E-state index contributed by atoms with van der Waals surface area (Å²) in [6.07, 6.45) is 0. The number of phenols is 1. The number of non-ortho nitro benzene ring substituents is 1. The Morgan fingerprint density at radius 3 is 2.81 bits per heavy atom. The zero-order chi connectivity index (χ0) is 15.0. The van der Waals surface area contributed by atoms with Crippen LogP contribution in [0.5, 0.6) is 5.75 Å². The third-order valence-electron chi connectivity index (χ3n) is 2.98. The lowest BCUT2D eigenvalue weighted by Crippen LogP contribution is -1.90. The largest absolute Gasteiger partial charge is 0.506 e. The molecule has 0 unspecified atom stereocenters. The molecule has 0 fully saturated rings. The molecule has 0 bridgehead atoms. The highest BCUT2D eigenvalue weighted by molar-refractivity contribution is 5.78. The second-order valence-corrected chi connectivity index (χ2v) is 4.57. The van der Waals surface area contributed by atoms with E-state index in [9.17, 15) is 15.2 Å². The Kier molecular flexibility index (Phi) is 2.94. The third-order valence-corrected chi connectivity index (χ3v) is 2.98. The number of aryl methyl sites for hydroxylation is 1. The maximum atomic E-state index is 10.7. The highest BCUT2D eigenvalue weighted by Crippen LogP contribution is 2.29. The topological polar surface area (TPSA) is 101 Å². The fraction of sp³-hybridized carbons (Fsp3) is 0.0714. The number of nitro groups is 1. The molecular weight excluding hydrogens is 274 g/mol. The monoisotopic (exact) mass is 285 g/mol. The number of nitro benzene ring substituents is 1. The maximum absolute atomic E-state index is 10.7. The molecule has 0 saturated carbocycles. The minimum absolute atomic E-state index is 0.0663. The van der Waals surface area contributed by atoms with Crippen LogP contribution in [0.1, 0.15) is 5.56 Å². The first kappa shape index (κ1) is 12.9. The molecule has 2 aromatic carbocycles. The number of fused-ring (bicyclic) bond motifs is 1. The summed E-state index contributed by atoms with van der Waals surface area (Å²) in [4.78, 5) is 14.4. The third kappa shape index (κ3) is 2.48. The van der Waals surface area contributed by atoms with Gasteiger partial charge in [-0.2, -0.15) is 4.98 Å². The number of aromatic hydroxyl groups is 1. The van der Waals surface area contributed by atoms with E-state index in [2.05, 4.69) is 10.3 Å². The molecule has 0 radical (unpaired) electrons. The first-order valence-corrected chi connectivity index (χ1v) is 6.14. The van der Waals surface area contributed by atoms with Gasteiger partial charge in [0, 0.05) is 6.07 Å². The van der Waals surface area contributed by atoms with Crippen LogP contribution >= 0.6 is 0 Å². The number of oxazole rings is 1. The molecule has 7 nitrogen and oxygen atoms in total. The molecule has 3 rings (SSSR count). The number of benzene rings is 2. The lowest BCUT2D eigenvalue weighted by Gasteiger charge is -2.04. The van der Waals surface area contributed by atoms with Gasteiger partial charge < -0.3 is 14.8 Å². The van der Waals surface area contributed by atoms with E-state index >= 15 is 0 Å². The van der Waals surface area contributed by atoms with Gasteiger partial charge in [-0.15, -0.1) is 0 Å². The Morgan fingerprint density at radius 2 is 2.10 bits per heavy atom. The standard InChI is InChI=1S/C14H11N3O4/c1-8-2-4-10(12(18)6-8)15-14-16-11-5-3-9(17(19)20)7-13(11)21-14/h2-7,18H,1H3,(H,15,16). The predicted octanol–water partition coefficient (Wildman–Crippen LogP) is 3.49. The van der Waals surface area contributed by atoms with Gasteiger partial charge in [-0.3, -0.25) is 10.1 Å². The van der Waals surface area contributed by atoms with Crippen molar-refractivity contribution in [2.45, 2.75) is 6.92 Å². The molecule has 1 aromatic heterocycles. The van der Waals surface area contributed by atoms with Gasteiger partial charge in [-0.1, -0.05) is 6.07 Å². The zero-order valence-corrected chi connectivity index (χ0v) is 11.0. The smallest absolute Gasteiger partial charge is 0.300 e. The summed E-state index contributed by atoms with van der Waals surface area (Å²) in [6, 6.07) is 9.47. The second-order valence-electron chi connectivity index (χ2n) is 4.57. The maximum Gasteiger partial charge on any atom is 0.300 e. The highest BCUT2D eigenvalue weighted by Gasteiger charge is 2.12. The molecule has 3 aromatic rings. The van der Waals surface area contributed by atoms with Crippen molar-refractivity contribution in [3.05, 3.63) is 52.1 Å². The van der Waals surface area contributed by atoms with E-state index in [1.54, 1.807) is 12.1 Å².